The summed E-state index contributed by atoms with van der Waals surface area (Å²) < 4.78 is 6.14. The van der Waals surface area contributed by atoms with Crippen LogP contribution < -0.4 is 10.1 Å². The van der Waals surface area contributed by atoms with Crippen LogP contribution >= 0.6 is 15.9 Å². The molecule has 3 rings (SSSR count). The summed E-state index contributed by atoms with van der Waals surface area (Å²) in [5.41, 5.74) is 1.47. The molecule has 0 aliphatic heterocycles. The van der Waals surface area contributed by atoms with Gasteiger partial charge in [0.25, 0.3) is 5.91 Å². The Balaban J connectivity index is 1.74. The second-order valence-electron chi connectivity index (χ2n) is 5.34. The largest absolute Gasteiger partial charge is 0.497 e. The van der Waals surface area contributed by atoms with Gasteiger partial charge in [0.15, 0.2) is 0 Å². The summed E-state index contributed by atoms with van der Waals surface area (Å²) in [4.78, 5) is 13.7. The van der Waals surface area contributed by atoms with Gasteiger partial charge in [-0.15, -0.1) is 10.2 Å². The molecular weight excluding hydrogens is 386 g/mol. The van der Waals surface area contributed by atoms with Crippen molar-refractivity contribution in [2.24, 2.45) is 0 Å². The molecule has 0 unspecified atom stereocenters. The lowest BCUT2D eigenvalue weighted by molar-refractivity contribution is -0.119. The Hall–Kier alpha value is -2.74. The van der Waals surface area contributed by atoms with Crippen LogP contribution in [0.3, 0.4) is 0 Å². The van der Waals surface area contributed by atoms with Crippen LogP contribution in [-0.2, 0) is 4.79 Å². The maximum Gasteiger partial charge on any atom is 0.250 e. The lowest BCUT2D eigenvalue weighted by Gasteiger charge is -2.10. The third kappa shape index (κ3) is 4.03. The van der Waals surface area contributed by atoms with Gasteiger partial charge in [-0.05, 0) is 48.5 Å². The van der Waals surface area contributed by atoms with Crippen molar-refractivity contribution in [3.05, 3.63) is 53.0 Å². The number of carbonyl (C=O) groups is 1. The normalized spacial score (nSPS) is 11.8. The smallest absolute Gasteiger partial charge is 0.250 e. The molecule has 8 heteroatoms. The van der Waals surface area contributed by atoms with Gasteiger partial charge in [0.1, 0.15) is 11.8 Å². The Morgan fingerprint density at radius 2 is 2.00 bits per heavy atom. The minimum atomic E-state index is -0.601. The molecule has 1 atom stereocenters. The number of nitrogens with one attached hydrogen (secondary N) is 1. The van der Waals surface area contributed by atoms with Crippen LogP contribution in [0.4, 0.5) is 5.69 Å². The van der Waals surface area contributed by atoms with E-state index < -0.39 is 6.04 Å². The molecule has 128 valence electrons. The van der Waals surface area contributed by atoms with Gasteiger partial charge in [-0.2, -0.15) is 4.80 Å². The van der Waals surface area contributed by atoms with Crippen LogP contribution in [0.2, 0.25) is 0 Å². The lowest BCUT2D eigenvalue weighted by atomic mass is 10.2. The predicted molar refractivity (Wildman–Crippen MR) is 97.3 cm³/mol. The molecule has 1 aromatic heterocycles. The Morgan fingerprint density at radius 3 is 2.72 bits per heavy atom. The number of nitrogens with zero attached hydrogens (tertiary/aromatic N) is 4. The average molecular weight is 402 g/mol. The second-order valence-corrected chi connectivity index (χ2v) is 6.25. The van der Waals surface area contributed by atoms with E-state index in [4.69, 9.17) is 4.74 Å². The van der Waals surface area contributed by atoms with E-state index in [1.165, 1.54) is 4.80 Å². The Bertz CT molecular complexity index is 879. The molecule has 1 heterocycles. The van der Waals surface area contributed by atoms with Gasteiger partial charge in [0.05, 0.1) is 7.11 Å². The van der Waals surface area contributed by atoms with Crippen LogP contribution in [0.5, 0.6) is 5.75 Å². The Labute approximate surface area is 153 Å². The van der Waals surface area contributed by atoms with Gasteiger partial charge in [-0.1, -0.05) is 28.1 Å². The summed E-state index contributed by atoms with van der Waals surface area (Å²) in [5.74, 6) is 0.911. The zero-order valence-corrected chi connectivity index (χ0v) is 15.3. The number of amides is 1. The van der Waals surface area contributed by atoms with Gasteiger partial charge >= 0.3 is 0 Å². The maximum atomic E-state index is 12.4. The highest BCUT2D eigenvalue weighted by Crippen LogP contribution is 2.21. The van der Waals surface area contributed by atoms with Crippen molar-refractivity contribution in [3.8, 4) is 17.1 Å². The number of methoxy groups -OCH3 is 1. The first-order chi connectivity index (χ1) is 12.1. The third-order valence-corrected chi connectivity index (χ3v) is 4.12. The molecule has 2 aromatic carbocycles. The number of rotatable bonds is 5. The van der Waals surface area contributed by atoms with Gasteiger partial charge < -0.3 is 10.1 Å². The number of halogens is 1. The van der Waals surface area contributed by atoms with E-state index in [2.05, 4.69) is 36.7 Å². The van der Waals surface area contributed by atoms with Crippen LogP contribution in [0, 0.1) is 0 Å². The fourth-order valence-electron chi connectivity index (χ4n) is 2.15. The molecule has 1 amide bonds. The van der Waals surface area contributed by atoms with Crippen LogP contribution in [-0.4, -0.2) is 33.2 Å². The van der Waals surface area contributed by atoms with Crippen molar-refractivity contribution in [3.63, 3.8) is 0 Å². The number of hydrogen-bond acceptors (Lipinski definition) is 5. The first-order valence-electron chi connectivity index (χ1n) is 7.57. The first-order valence-corrected chi connectivity index (χ1v) is 8.36. The minimum absolute atomic E-state index is 0.225. The zero-order chi connectivity index (χ0) is 17.8. The van der Waals surface area contributed by atoms with Crippen molar-refractivity contribution in [2.75, 3.05) is 12.4 Å². The molecule has 7 nitrogen and oxygen atoms in total. The molecule has 1 N–H and O–H groups in total. The Kier molecular flexibility index (Phi) is 5.08. The van der Waals surface area contributed by atoms with E-state index in [0.717, 1.165) is 10.0 Å². The first kappa shape index (κ1) is 17.1. The fourth-order valence-corrected chi connectivity index (χ4v) is 2.42. The molecule has 0 spiro atoms. The molecule has 0 bridgehead atoms. The summed E-state index contributed by atoms with van der Waals surface area (Å²) in [7, 11) is 1.60. The van der Waals surface area contributed by atoms with E-state index in [9.17, 15) is 4.79 Å². The molecule has 0 radical (unpaired) electrons. The summed E-state index contributed by atoms with van der Waals surface area (Å²) >= 11 is 3.36. The topological polar surface area (TPSA) is 81.9 Å². The zero-order valence-electron chi connectivity index (χ0n) is 13.7. The fraction of sp³-hybridized carbons (Fsp3) is 0.176. The molecule has 0 saturated carbocycles. The molecule has 25 heavy (non-hydrogen) atoms. The number of hydrogen-bond donors (Lipinski definition) is 1. The van der Waals surface area contributed by atoms with Crippen molar-refractivity contribution in [1.29, 1.82) is 0 Å². The van der Waals surface area contributed by atoms with E-state index in [0.29, 0.717) is 17.3 Å². The lowest BCUT2D eigenvalue weighted by Crippen LogP contribution is -2.25. The highest BCUT2D eigenvalue weighted by molar-refractivity contribution is 9.10. The van der Waals surface area contributed by atoms with E-state index in [1.54, 1.807) is 14.0 Å². The van der Waals surface area contributed by atoms with E-state index in [-0.39, 0.29) is 5.91 Å². The summed E-state index contributed by atoms with van der Waals surface area (Å²) in [6.45, 7) is 1.71. The minimum Gasteiger partial charge on any atom is -0.497 e. The highest BCUT2D eigenvalue weighted by atomic mass is 79.9. The van der Waals surface area contributed by atoms with Gasteiger partial charge in [-0.3, -0.25) is 4.79 Å². The van der Waals surface area contributed by atoms with Crippen LogP contribution in [0.1, 0.15) is 13.0 Å². The van der Waals surface area contributed by atoms with Crippen molar-refractivity contribution >= 4 is 27.5 Å². The number of aromatic nitrogens is 4. The Morgan fingerprint density at radius 1 is 1.24 bits per heavy atom. The van der Waals surface area contributed by atoms with Crippen molar-refractivity contribution in [1.82, 2.24) is 20.2 Å². The second kappa shape index (κ2) is 7.43. The maximum absolute atomic E-state index is 12.4. The van der Waals surface area contributed by atoms with Gasteiger partial charge in [0, 0.05) is 15.7 Å². The number of tetrazole rings is 1. The summed E-state index contributed by atoms with van der Waals surface area (Å²) in [6.07, 6.45) is 0. The summed E-state index contributed by atoms with van der Waals surface area (Å²) in [6, 6.07) is 14.1. The van der Waals surface area contributed by atoms with Crippen molar-refractivity contribution in [2.45, 2.75) is 13.0 Å². The molecule has 0 fully saturated rings. The highest BCUT2D eigenvalue weighted by Gasteiger charge is 2.19. The third-order valence-electron chi connectivity index (χ3n) is 3.59. The van der Waals surface area contributed by atoms with Gasteiger partial charge in [0.2, 0.25) is 5.82 Å². The molecule has 0 saturated heterocycles. The average Bonchev–Trinajstić information content (AvgIpc) is 3.13. The van der Waals surface area contributed by atoms with E-state index >= 15 is 0 Å². The number of benzene rings is 2. The number of carbonyl (C=O) groups excluding carboxylic acids is 1. The number of ether oxygens (including phenoxy) is 1. The quantitative estimate of drug-likeness (QED) is 0.708. The predicted octanol–water partition coefficient (Wildman–Crippen LogP) is 3.31. The SMILES string of the molecule is COc1cccc(-c2nnn([C@@H](C)C(=O)Nc3ccc(Br)cc3)n2)c1. The standard InChI is InChI=1S/C17H16BrN5O2/c1-11(17(24)19-14-8-6-13(18)7-9-14)23-21-16(20-22-23)12-4-3-5-15(10-12)25-2/h3-11H,1-2H3,(H,19,24)/t11-/m0/s1. The molecule has 0 aliphatic carbocycles. The van der Waals surface area contributed by atoms with Crippen LogP contribution in [0.15, 0.2) is 53.0 Å². The monoisotopic (exact) mass is 401 g/mol. The summed E-state index contributed by atoms with van der Waals surface area (Å²) in [5, 5.41) is 15.1. The molecular formula is C17H16BrN5O2. The van der Waals surface area contributed by atoms with E-state index in [1.807, 2.05) is 48.5 Å². The molecule has 3 aromatic rings. The number of anilines is 1. The molecule has 0 aliphatic rings. The van der Waals surface area contributed by atoms with Gasteiger partial charge in [-0.25, -0.2) is 0 Å². The van der Waals surface area contributed by atoms with Crippen molar-refractivity contribution < 1.29 is 9.53 Å². The van der Waals surface area contributed by atoms with Crippen LogP contribution in [0.25, 0.3) is 11.4 Å².